The molecule has 72 valence electrons. The van der Waals surface area contributed by atoms with Crippen LogP contribution in [-0.4, -0.2) is 17.1 Å². The second-order valence-electron chi connectivity index (χ2n) is 4.34. The highest BCUT2D eigenvalue weighted by Gasteiger charge is 2.24. The average molecular weight is 196 g/mol. The first kappa shape index (κ1) is 9.16. The number of aryl methyl sites for hydroxylation is 1. The van der Waals surface area contributed by atoms with Gasteiger partial charge < -0.3 is 5.32 Å². The maximum Gasteiger partial charge on any atom is 0.0900 e. The molecule has 0 unspecified atom stereocenters. The summed E-state index contributed by atoms with van der Waals surface area (Å²) in [4.78, 5) is 6.03. The van der Waals surface area contributed by atoms with E-state index in [0.717, 1.165) is 19.4 Å². The van der Waals surface area contributed by atoms with E-state index in [1.807, 2.05) is 11.3 Å². The molecule has 1 aliphatic heterocycles. The average Bonchev–Trinajstić information content (AvgIpc) is 2.23. The molecule has 0 amide bonds. The molecule has 2 nitrogen and oxygen atoms in total. The Bertz CT molecular complexity index is 315. The second kappa shape index (κ2) is 3.07. The quantitative estimate of drug-likeness (QED) is 0.685. The fourth-order valence-corrected chi connectivity index (χ4v) is 3.04. The van der Waals surface area contributed by atoms with Crippen molar-refractivity contribution in [1.82, 2.24) is 10.3 Å². The molecule has 0 radical (unpaired) electrons. The van der Waals surface area contributed by atoms with E-state index >= 15 is 0 Å². The molecule has 1 N–H and O–H groups in total. The zero-order valence-electron chi connectivity index (χ0n) is 8.48. The molecule has 13 heavy (non-hydrogen) atoms. The van der Waals surface area contributed by atoms with Crippen LogP contribution in [0.25, 0.3) is 0 Å². The predicted octanol–water partition coefficient (Wildman–Crippen LogP) is 1.92. The molecule has 1 aromatic rings. The standard InChI is InChI=1S/C10H16N2S/c1-7-12-8-4-5-11-10(2,3)6-9(8)13-7/h11H,4-6H2,1-3H3. The van der Waals surface area contributed by atoms with Gasteiger partial charge in [-0.2, -0.15) is 0 Å². The lowest BCUT2D eigenvalue weighted by atomic mass is 10.0. The molecule has 2 heterocycles. The number of nitrogens with one attached hydrogen (secondary N) is 1. The summed E-state index contributed by atoms with van der Waals surface area (Å²) in [6.45, 7) is 7.68. The van der Waals surface area contributed by atoms with Crippen molar-refractivity contribution in [3.63, 3.8) is 0 Å². The van der Waals surface area contributed by atoms with E-state index in [-0.39, 0.29) is 5.54 Å². The van der Waals surface area contributed by atoms with Gasteiger partial charge >= 0.3 is 0 Å². The topological polar surface area (TPSA) is 24.9 Å². The van der Waals surface area contributed by atoms with Crippen LogP contribution < -0.4 is 5.32 Å². The molecule has 0 spiro atoms. The van der Waals surface area contributed by atoms with Gasteiger partial charge in [0.1, 0.15) is 0 Å². The number of fused-ring (bicyclic) bond motifs is 1. The third-order valence-corrected chi connectivity index (χ3v) is 3.47. The molecular weight excluding hydrogens is 180 g/mol. The minimum absolute atomic E-state index is 0.240. The SMILES string of the molecule is Cc1nc2c(s1)CC(C)(C)NCC2. The molecule has 0 aromatic carbocycles. The first-order valence-electron chi connectivity index (χ1n) is 4.77. The van der Waals surface area contributed by atoms with Crippen molar-refractivity contribution in [3.05, 3.63) is 15.6 Å². The molecule has 0 bridgehead atoms. The smallest absolute Gasteiger partial charge is 0.0900 e. The van der Waals surface area contributed by atoms with Crippen LogP contribution in [0.15, 0.2) is 0 Å². The summed E-state index contributed by atoms with van der Waals surface area (Å²) in [5.41, 5.74) is 1.56. The number of thiazole rings is 1. The van der Waals surface area contributed by atoms with Crippen LogP contribution in [0.5, 0.6) is 0 Å². The van der Waals surface area contributed by atoms with E-state index in [0.29, 0.717) is 0 Å². The normalized spacial score (nSPS) is 20.8. The number of rotatable bonds is 0. The fraction of sp³-hybridized carbons (Fsp3) is 0.700. The van der Waals surface area contributed by atoms with Crippen molar-refractivity contribution in [3.8, 4) is 0 Å². The fourth-order valence-electron chi connectivity index (χ4n) is 1.83. The van der Waals surface area contributed by atoms with Crippen molar-refractivity contribution in [2.45, 2.75) is 39.2 Å². The van der Waals surface area contributed by atoms with E-state index in [4.69, 9.17) is 0 Å². The van der Waals surface area contributed by atoms with Gasteiger partial charge in [0.2, 0.25) is 0 Å². The molecule has 1 aliphatic rings. The van der Waals surface area contributed by atoms with Gasteiger partial charge in [-0.15, -0.1) is 11.3 Å². The molecule has 3 heteroatoms. The first-order chi connectivity index (χ1) is 6.07. The van der Waals surface area contributed by atoms with Crippen LogP contribution in [0.1, 0.15) is 29.4 Å². The van der Waals surface area contributed by atoms with Crippen molar-refractivity contribution in [2.75, 3.05) is 6.54 Å². The number of hydrogen-bond donors (Lipinski definition) is 1. The highest BCUT2D eigenvalue weighted by molar-refractivity contribution is 7.11. The summed E-state index contributed by atoms with van der Waals surface area (Å²) in [7, 11) is 0. The van der Waals surface area contributed by atoms with Crippen molar-refractivity contribution in [2.24, 2.45) is 0 Å². The Kier molecular flexibility index (Phi) is 2.16. The lowest BCUT2D eigenvalue weighted by Crippen LogP contribution is -2.40. The number of nitrogens with zero attached hydrogens (tertiary/aromatic N) is 1. The Morgan fingerprint density at radius 1 is 1.46 bits per heavy atom. The van der Waals surface area contributed by atoms with Gasteiger partial charge in [-0.05, 0) is 20.8 Å². The summed E-state index contributed by atoms with van der Waals surface area (Å²) in [6, 6.07) is 0. The van der Waals surface area contributed by atoms with Gasteiger partial charge in [0, 0.05) is 29.8 Å². The lowest BCUT2D eigenvalue weighted by molar-refractivity contribution is 0.402. The third-order valence-electron chi connectivity index (χ3n) is 2.45. The Hall–Kier alpha value is -0.410. The minimum atomic E-state index is 0.240. The molecule has 0 saturated heterocycles. The highest BCUT2D eigenvalue weighted by atomic mass is 32.1. The summed E-state index contributed by atoms with van der Waals surface area (Å²) < 4.78 is 0. The van der Waals surface area contributed by atoms with Crippen LogP contribution >= 0.6 is 11.3 Å². The monoisotopic (exact) mass is 196 g/mol. The maximum absolute atomic E-state index is 4.56. The molecule has 1 aromatic heterocycles. The van der Waals surface area contributed by atoms with Crippen LogP contribution in [0.3, 0.4) is 0 Å². The Morgan fingerprint density at radius 2 is 2.23 bits per heavy atom. The van der Waals surface area contributed by atoms with E-state index < -0.39 is 0 Å². The first-order valence-corrected chi connectivity index (χ1v) is 5.59. The maximum atomic E-state index is 4.56. The Labute approximate surface area is 83.4 Å². The summed E-state index contributed by atoms with van der Waals surface area (Å²) in [5.74, 6) is 0. The van der Waals surface area contributed by atoms with E-state index in [1.54, 1.807) is 0 Å². The third kappa shape index (κ3) is 1.92. The van der Waals surface area contributed by atoms with E-state index in [2.05, 4.69) is 31.1 Å². The molecule has 0 saturated carbocycles. The van der Waals surface area contributed by atoms with E-state index in [1.165, 1.54) is 15.6 Å². The summed E-state index contributed by atoms with van der Waals surface area (Å²) in [5, 5.41) is 4.75. The van der Waals surface area contributed by atoms with Gasteiger partial charge in [-0.1, -0.05) is 0 Å². The van der Waals surface area contributed by atoms with Crippen molar-refractivity contribution >= 4 is 11.3 Å². The van der Waals surface area contributed by atoms with Gasteiger partial charge in [0.25, 0.3) is 0 Å². The predicted molar refractivity (Wildman–Crippen MR) is 56.3 cm³/mol. The van der Waals surface area contributed by atoms with Crippen molar-refractivity contribution < 1.29 is 0 Å². The van der Waals surface area contributed by atoms with Gasteiger partial charge in [0.05, 0.1) is 10.7 Å². The number of aromatic nitrogens is 1. The highest BCUT2D eigenvalue weighted by Crippen LogP contribution is 2.25. The summed E-state index contributed by atoms with van der Waals surface area (Å²) >= 11 is 1.85. The van der Waals surface area contributed by atoms with Gasteiger partial charge in [0.15, 0.2) is 0 Å². The van der Waals surface area contributed by atoms with Crippen molar-refractivity contribution in [1.29, 1.82) is 0 Å². The molecule has 0 aliphatic carbocycles. The van der Waals surface area contributed by atoms with Crippen LogP contribution in [0.4, 0.5) is 0 Å². The van der Waals surface area contributed by atoms with E-state index in [9.17, 15) is 0 Å². The zero-order valence-corrected chi connectivity index (χ0v) is 9.29. The van der Waals surface area contributed by atoms with Crippen LogP contribution in [0, 0.1) is 6.92 Å². The van der Waals surface area contributed by atoms with Gasteiger partial charge in [-0.3, -0.25) is 0 Å². The second-order valence-corrected chi connectivity index (χ2v) is 5.63. The lowest BCUT2D eigenvalue weighted by Gasteiger charge is -2.23. The Morgan fingerprint density at radius 3 is 3.00 bits per heavy atom. The zero-order chi connectivity index (χ0) is 9.47. The number of hydrogen-bond acceptors (Lipinski definition) is 3. The van der Waals surface area contributed by atoms with Crippen LogP contribution in [0.2, 0.25) is 0 Å². The Balaban J connectivity index is 2.33. The largest absolute Gasteiger partial charge is 0.311 e. The molecule has 0 atom stereocenters. The minimum Gasteiger partial charge on any atom is -0.311 e. The molecule has 0 fully saturated rings. The molecule has 2 rings (SSSR count). The van der Waals surface area contributed by atoms with Crippen LogP contribution in [-0.2, 0) is 12.8 Å². The summed E-state index contributed by atoms with van der Waals surface area (Å²) in [6.07, 6.45) is 2.21. The van der Waals surface area contributed by atoms with Gasteiger partial charge in [-0.25, -0.2) is 4.98 Å². The molecular formula is C10H16N2S.